The lowest BCUT2D eigenvalue weighted by atomic mass is 9.96. The minimum atomic E-state index is -0.223. The van der Waals surface area contributed by atoms with Crippen LogP contribution in [0, 0.1) is 11.8 Å². The van der Waals surface area contributed by atoms with E-state index in [-0.39, 0.29) is 6.10 Å². The Morgan fingerprint density at radius 1 is 1.47 bits per heavy atom. The Morgan fingerprint density at radius 2 is 2.35 bits per heavy atom. The van der Waals surface area contributed by atoms with Gasteiger partial charge in [0.05, 0.1) is 19.3 Å². The lowest BCUT2D eigenvalue weighted by molar-refractivity contribution is 0.0289. The summed E-state index contributed by atoms with van der Waals surface area (Å²) in [5.74, 6) is 0.985. The highest BCUT2D eigenvalue weighted by atomic mass is 16.5. The molecule has 3 atom stereocenters. The van der Waals surface area contributed by atoms with Crippen LogP contribution >= 0.6 is 0 Å². The first-order valence-corrected chi connectivity index (χ1v) is 6.76. The van der Waals surface area contributed by atoms with Crippen LogP contribution < -0.4 is 0 Å². The molecule has 0 spiro atoms. The van der Waals surface area contributed by atoms with E-state index >= 15 is 0 Å². The normalized spacial score (nSPS) is 32.8. The molecular weight excluding hydrogens is 218 g/mol. The summed E-state index contributed by atoms with van der Waals surface area (Å²) < 4.78 is 10.6. The smallest absolute Gasteiger partial charge is 0.0718 e. The van der Waals surface area contributed by atoms with E-state index in [1.54, 1.807) is 7.11 Å². The molecule has 100 valence electrons. The number of likely N-dealkylation sites (tertiary alicyclic amines) is 1. The van der Waals surface area contributed by atoms with Gasteiger partial charge in [0.25, 0.3) is 0 Å². The molecule has 0 aromatic rings. The zero-order chi connectivity index (χ0) is 12.1. The second-order valence-corrected chi connectivity index (χ2v) is 5.41. The standard InChI is InChI=1S/C13H25NO3/c1-16-9-11-3-2-5-14(7-11)8-13(15)12-4-6-17-10-12/h11-13,15H,2-10H2,1H3. The predicted octanol–water partition coefficient (Wildman–Crippen LogP) is 0.742. The van der Waals surface area contributed by atoms with Crippen molar-refractivity contribution in [2.75, 3.05) is 46.6 Å². The van der Waals surface area contributed by atoms with Crippen molar-refractivity contribution in [1.82, 2.24) is 4.90 Å². The maximum atomic E-state index is 10.2. The molecule has 2 heterocycles. The summed E-state index contributed by atoms with van der Waals surface area (Å²) in [7, 11) is 1.77. The maximum Gasteiger partial charge on any atom is 0.0718 e. The largest absolute Gasteiger partial charge is 0.391 e. The van der Waals surface area contributed by atoms with Gasteiger partial charge in [-0.15, -0.1) is 0 Å². The van der Waals surface area contributed by atoms with Crippen LogP contribution in [0.15, 0.2) is 0 Å². The lowest BCUT2D eigenvalue weighted by Crippen LogP contribution is -2.43. The number of ether oxygens (including phenoxy) is 2. The van der Waals surface area contributed by atoms with E-state index in [1.807, 2.05) is 0 Å². The van der Waals surface area contributed by atoms with E-state index in [0.29, 0.717) is 11.8 Å². The van der Waals surface area contributed by atoms with Gasteiger partial charge in [-0.25, -0.2) is 0 Å². The number of nitrogens with zero attached hydrogens (tertiary/aromatic N) is 1. The van der Waals surface area contributed by atoms with Crippen molar-refractivity contribution >= 4 is 0 Å². The Hall–Kier alpha value is -0.160. The molecular formula is C13H25NO3. The van der Waals surface area contributed by atoms with E-state index in [4.69, 9.17) is 9.47 Å². The topological polar surface area (TPSA) is 41.9 Å². The van der Waals surface area contributed by atoms with Crippen LogP contribution in [0.2, 0.25) is 0 Å². The van der Waals surface area contributed by atoms with E-state index in [2.05, 4.69) is 4.90 Å². The third kappa shape index (κ3) is 3.91. The summed E-state index contributed by atoms with van der Waals surface area (Å²) in [4.78, 5) is 2.39. The van der Waals surface area contributed by atoms with Gasteiger partial charge in [-0.1, -0.05) is 0 Å². The average Bonchev–Trinajstić information content (AvgIpc) is 2.83. The third-order valence-corrected chi connectivity index (χ3v) is 3.96. The van der Waals surface area contributed by atoms with E-state index in [9.17, 15) is 5.11 Å². The number of rotatable bonds is 5. The number of β-amino-alcohol motifs (C(OH)–C–C–N with tert-alkyl or cyclic N) is 1. The number of methoxy groups -OCH3 is 1. The molecule has 2 rings (SSSR count). The minimum absolute atomic E-state index is 0.223. The Morgan fingerprint density at radius 3 is 3.06 bits per heavy atom. The fourth-order valence-electron chi connectivity index (χ4n) is 2.96. The Bertz CT molecular complexity index is 217. The quantitative estimate of drug-likeness (QED) is 0.773. The van der Waals surface area contributed by atoms with Gasteiger partial charge in [0.15, 0.2) is 0 Å². The number of aliphatic hydroxyl groups excluding tert-OH is 1. The molecule has 0 radical (unpaired) electrons. The molecule has 0 aromatic heterocycles. The van der Waals surface area contributed by atoms with Crippen LogP contribution in [0.25, 0.3) is 0 Å². The van der Waals surface area contributed by atoms with Gasteiger partial charge in [0, 0.05) is 32.7 Å². The van der Waals surface area contributed by atoms with Gasteiger partial charge >= 0.3 is 0 Å². The second-order valence-electron chi connectivity index (χ2n) is 5.41. The first-order chi connectivity index (χ1) is 8.29. The number of hydrogen-bond donors (Lipinski definition) is 1. The zero-order valence-corrected chi connectivity index (χ0v) is 10.8. The van der Waals surface area contributed by atoms with Crippen molar-refractivity contribution in [1.29, 1.82) is 0 Å². The van der Waals surface area contributed by atoms with Crippen LogP contribution in [0.1, 0.15) is 19.3 Å². The molecule has 4 nitrogen and oxygen atoms in total. The van der Waals surface area contributed by atoms with Gasteiger partial charge in [-0.3, -0.25) is 0 Å². The van der Waals surface area contributed by atoms with Crippen molar-refractivity contribution in [3.05, 3.63) is 0 Å². The van der Waals surface area contributed by atoms with E-state index in [0.717, 1.165) is 45.9 Å². The average molecular weight is 243 g/mol. The van der Waals surface area contributed by atoms with Gasteiger partial charge in [-0.05, 0) is 31.7 Å². The summed E-state index contributed by atoms with van der Waals surface area (Å²) in [5.41, 5.74) is 0. The zero-order valence-electron chi connectivity index (χ0n) is 10.8. The summed E-state index contributed by atoms with van der Waals surface area (Å²) >= 11 is 0. The molecule has 0 saturated carbocycles. The van der Waals surface area contributed by atoms with Gasteiger partial charge in [-0.2, -0.15) is 0 Å². The third-order valence-electron chi connectivity index (χ3n) is 3.96. The molecule has 2 fully saturated rings. The van der Waals surface area contributed by atoms with Gasteiger partial charge < -0.3 is 19.5 Å². The van der Waals surface area contributed by atoms with Gasteiger partial charge in [0.1, 0.15) is 0 Å². The maximum absolute atomic E-state index is 10.2. The van der Waals surface area contributed by atoms with Crippen LogP contribution in [-0.4, -0.2) is 62.7 Å². The molecule has 1 N–H and O–H groups in total. The molecule has 3 unspecified atom stereocenters. The van der Waals surface area contributed by atoms with Crippen LogP contribution in [0.5, 0.6) is 0 Å². The fourth-order valence-corrected chi connectivity index (χ4v) is 2.96. The Kier molecular flexibility index (Phi) is 5.22. The van der Waals surface area contributed by atoms with Crippen molar-refractivity contribution in [2.45, 2.75) is 25.4 Å². The van der Waals surface area contributed by atoms with Crippen LogP contribution in [0.3, 0.4) is 0 Å². The first kappa shape index (κ1) is 13.3. The highest BCUT2D eigenvalue weighted by Gasteiger charge is 2.27. The van der Waals surface area contributed by atoms with Crippen molar-refractivity contribution < 1.29 is 14.6 Å². The predicted molar refractivity (Wildman–Crippen MR) is 66.0 cm³/mol. The number of aliphatic hydroxyl groups is 1. The summed E-state index contributed by atoms with van der Waals surface area (Å²) in [5, 5.41) is 10.2. The first-order valence-electron chi connectivity index (χ1n) is 6.76. The summed E-state index contributed by atoms with van der Waals surface area (Å²) in [6.07, 6.45) is 3.27. The molecule has 17 heavy (non-hydrogen) atoms. The molecule has 2 saturated heterocycles. The Balaban J connectivity index is 1.73. The van der Waals surface area contributed by atoms with Crippen molar-refractivity contribution in [3.8, 4) is 0 Å². The molecule has 0 bridgehead atoms. The van der Waals surface area contributed by atoms with Crippen LogP contribution in [0.4, 0.5) is 0 Å². The number of hydrogen-bond acceptors (Lipinski definition) is 4. The molecule has 2 aliphatic heterocycles. The highest BCUT2D eigenvalue weighted by molar-refractivity contribution is 4.79. The number of piperidine rings is 1. The van der Waals surface area contributed by atoms with E-state index < -0.39 is 0 Å². The molecule has 0 aliphatic carbocycles. The second kappa shape index (κ2) is 6.69. The van der Waals surface area contributed by atoms with Gasteiger partial charge in [0.2, 0.25) is 0 Å². The molecule has 0 amide bonds. The lowest BCUT2D eigenvalue weighted by Gasteiger charge is -2.34. The molecule has 4 heteroatoms. The molecule has 2 aliphatic rings. The molecule has 0 aromatic carbocycles. The van der Waals surface area contributed by atoms with Crippen molar-refractivity contribution in [3.63, 3.8) is 0 Å². The van der Waals surface area contributed by atoms with E-state index in [1.165, 1.54) is 12.8 Å². The SMILES string of the molecule is COCC1CCCN(CC(O)C2CCOC2)C1. The summed E-state index contributed by atoms with van der Waals surface area (Å²) in [6, 6.07) is 0. The summed E-state index contributed by atoms with van der Waals surface area (Å²) in [6.45, 7) is 5.38. The fraction of sp³-hybridized carbons (Fsp3) is 1.00. The van der Waals surface area contributed by atoms with Crippen LogP contribution in [-0.2, 0) is 9.47 Å². The van der Waals surface area contributed by atoms with Crippen molar-refractivity contribution in [2.24, 2.45) is 11.8 Å². The Labute approximate surface area is 104 Å². The highest BCUT2D eigenvalue weighted by Crippen LogP contribution is 2.21. The monoisotopic (exact) mass is 243 g/mol. The minimum Gasteiger partial charge on any atom is -0.391 e.